The molecule has 2 aromatic rings. The third kappa shape index (κ3) is 4.93. The Kier molecular flexibility index (Phi) is 5.35. The largest absolute Gasteiger partial charge is 0.550 e. The zero-order chi connectivity index (χ0) is 15.1. The topological polar surface area (TPSA) is 77.0 Å². The third-order valence-electron chi connectivity index (χ3n) is 3.27. The first-order chi connectivity index (χ1) is 10.1. The average Bonchev–Trinajstić information content (AvgIpc) is 2.48. The lowest BCUT2D eigenvalue weighted by molar-refractivity contribution is -0.430. The van der Waals surface area contributed by atoms with Gasteiger partial charge in [-0.05, 0) is 29.8 Å². The number of rotatable bonds is 7. The first-order valence-electron chi connectivity index (χ1n) is 6.95. The zero-order valence-corrected chi connectivity index (χ0v) is 11.8. The van der Waals surface area contributed by atoms with Crippen LogP contribution in [0.15, 0.2) is 54.6 Å². The van der Waals surface area contributed by atoms with E-state index in [2.05, 4.69) is 17.9 Å². The van der Waals surface area contributed by atoms with Gasteiger partial charge in [-0.25, -0.2) is 0 Å². The Morgan fingerprint density at radius 3 is 2.38 bits per heavy atom. The molecule has 0 fully saturated rings. The van der Waals surface area contributed by atoms with Crippen molar-refractivity contribution in [1.82, 2.24) is 0 Å². The molecule has 0 unspecified atom stereocenters. The molecule has 0 amide bonds. The first kappa shape index (κ1) is 15.1. The van der Waals surface area contributed by atoms with Gasteiger partial charge in [0.25, 0.3) is 0 Å². The number of carbonyl (C=O) groups is 1. The minimum Gasteiger partial charge on any atom is -0.550 e. The van der Waals surface area contributed by atoms with Crippen molar-refractivity contribution in [3.8, 4) is 5.75 Å². The quantitative estimate of drug-likeness (QED) is 0.814. The standard InChI is InChI=1S/C17H19NO3/c18-16(12-17(19)20)14-6-8-15(9-7-14)21-11-10-13-4-2-1-3-5-13/h1-9,16H,10-12,18H2,(H,19,20)/t16-/m1/s1. The lowest BCUT2D eigenvalue weighted by Crippen LogP contribution is -2.55. The van der Waals surface area contributed by atoms with Crippen LogP contribution in [-0.2, 0) is 11.2 Å². The highest BCUT2D eigenvalue weighted by Gasteiger charge is 2.09. The van der Waals surface area contributed by atoms with Gasteiger partial charge in [0.2, 0.25) is 0 Å². The smallest absolute Gasteiger partial charge is 0.119 e. The number of ether oxygens (including phenoxy) is 1. The van der Waals surface area contributed by atoms with E-state index in [-0.39, 0.29) is 12.5 Å². The predicted octanol–water partition coefficient (Wildman–Crippen LogP) is 0.731. The minimum atomic E-state index is -1.09. The Hall–Kier alpha value is -2.33. The highest BCUT2D eigenvalue weighted by molar-refractivity contribution is 5.65. The number of hydrogen-bond donors (Lipinski definition) is 1. The summed E-state index contributed by atoms with van der Waals surface area (Å²) in [5, 5.41) is 10.6. The lowest BCUT2D eigenvalue weighted by Gasteiger charge is -2.11. The maximum Gasteiger partial charge on any atom is 0.119 e. The number of carboxylic acid groups (broad SMARTS) is 1. The van der Waals surface area contributed by atoms with Crippen LogP contribution in [-0.4, -0.2) is 12.6 Å². The molecule has 0 bridgehead atoms. The van der Waals surface area contributed by atoms with E-state index < -0.39 is 5.97 Å². The molecular formula is C17H19NO3. The molecule has 21 heavy (non-hydrogen) atoms. The molecule has 0 spiro atoms. The van der Waals surface area contributed by atoms with Gasteiger partial charge in [-0.15, -0.1) is 0 Å². The molecule has 0 aliphatic carbocycles. The van der Waals surface area contributed by atoms with Gasteiger partial charge in [-0.2, -0.15) is 0 Å². The summed E-state index contributed by atoms with van der Waals surface area (Å²) in [7, 11) is 0. The van der Waals surface area contributed by atoms with Gasteiger partial charge in [0, 0.05) is 24.4 Å². The molecular weight excluding hydrogens is 266 g/mol. The van der Waals surface area contributed by atoms with E-state index in [9.17, 15) is 9.90 Å². The average molecular weight is 285 g/mol. The van der Waals surface area contributed by atoms with Gasteiger partial charge in [-0.1, -0.05) is 30.3 Å². The number of quaternary nitrogens is 1. The number of aliphatic carboxylic acids is 1. The zero-order valence-electron chi connectivity index (χ0n) is 11.8. The maximum atomic E-state index is 10.6. The Morgan fingerprint density at radius 1 is 1.10 bits per heavy atom. The number of carboxylic acids is 1. The van der Waals surface area contributed by atoms with E-state index in [4.69, 9.17) is 4.74 Å². The normalized spacial score (nSPS) is 11.9. The van der Waals surface area contributed by atoms with Crippen LogP contribution in [0.1, 0.15) is 23.6 Å². The lowest BCUT2D eigenvalue weighted by atomic mass is 10.0. The van der Waals surface area contributed by atoms with Gasteiger partial charge in [-0.3, -0.25) is 0 Å². The Bertz CT molecular complexity index is 566. The first-order valence-corrected chi connectivity index (χ1v) is 6.95. The van der Waals surface area contributed by atoms with Crippen molar-refractivity contribution >= 4 is 5.97 Å². The van der Waals surface area contributed by atoms with Gasteiger partial charge in [0.1, 0.15) is 11.8 Å². The molecule has 0 aliphatic rings. The molecule has 4 heteroatoms. The fourth-order valence-corrected chi connectivity index (χ4v) is 2.09. The second-order valence-electron chi connectivity index (χ2n) is 4.93. The van der Waals surface area contributed by atoms with Crippen LogP contribution in [0.5, 0.6) is 5.75 Å². The summed E-state index contributed by atoms with van der Waals surface area (Å²) in [6, 6.07) is 17.2. The highest BCUT2D eigenvalue weighted by Crippen LogP contribution is 2.17. The van der Waals surface area contributed by atoms with E-state index in [0.29, 0.717) is 6.61 Å². The molecule has 0 saturated heterocycles. The Labute approximate surface area is 124 Å². The molecule has 2 rings (SSSR count). The van der Waals surface area contributed by atoms with Crippen molar-refractivity contribution in [3.05, 3.63) is 65.7 Å². The molecule has 3 N–H and O–H groups in total. The van der Waals surface area contributed by atoms with E-state index in [0.717, 1.165) is 17.7 Å². The van der Waals surface area contributed by atoms with Crippen molar-refractivity contribution in [2.24, 2.45) is 0 Å². The van der Waals surface area contributed by atoms with Crippen LogP contribution in [0, 0.1) is 0 Å². The van der Waals surface area contributed by atoms with Crippen LogP contribution in [0.2, 0.25) is 0 Å². The number of hydrogen-bond acceptors (Lipinski definition) is 3. The Balaban J connectivity index is 1.83. The Morgan fingerprint density at radius 2 is 1.76 bits per heavy atom. The van der Waals surface area contributed by atoms with Gasteiger partial charge in [0.05, 0.1) is 6.61 Å². The summed E-state index contributed by atoms with van der Waals surface area (Å²) in [6.07, 6.45) is 0.777. The fourth-order valence-electron chi connectivity index (χ4n) is 2.09. The van der Waals surface area contributed by atoms with Crippen molar-refractivity contribution in [1.29, 1.82) is 0 Å². The summed E-state index contributed by atoms with van der Waals surface area (Å²) < 4.78 is 5.68. The summed E-state index contributed by atoms with van der Waals surface area (Å²) in [5.74, 6) is -0.312. The maximum absolute atomic E-state index is 10.6. The van der Waals surface area contributed by atoms with E-state index in [1.165, 1.54) is 5.56 Å². The van der Waals surface area contributed by atoms with Crippen molar-refractivity contribution in [2.75, 3.05) is 6.61 Å². The van der Waals surface area contributed by atoms with Crippen molar-refractivity contribution in [2.45, 2.75) is 18.9 Å². The van der Waals surface area contributed by atoms with Gasteiger partial charge < -0.3 is 20.4 Å². The predicted molar refractivity (Wildman–Crippen MR) is 77.3 cm³/mol. The second kappa shape index (κ2) is 7.45. The summed E-state index contributed by atoms with van der Waals surface area (Å²) in [5.41, 5.74) is 5.93. The summed E-state index contributed by atoms with van der Waals surface area (Å²) >= 11 is 0. The van der Waals surface area contributed by atoms with Crippen LogP contribution in [0.25, 0.3) is 0 Å². The van der Waals surface area contributed by atoms with E-state index in [1.807, 2.05) is 42.5 Å². The molecule has 0 saturated carbocycles. The third-order valence-corrected chi connectivity index (χ3v) is 3.27. The van der Waals surface area contributed by atoms with Gasteiger partial charge in [0.15, 0.2) is 0 Å². The molecule has 1 atom stereocenters. The summed E-state index contributed by atoms with van der Waals surface area (Å²) in [4.78, 5) is 10.6. The molecule has 2 aromatic carbocycles. The van der Waals surface area contributed by atoms with Gasteiger partial charge >= 0.3 is 0 Å². The molecule has 0 heterocycles. The van der Waals surface area contributed by atoms with E-state index >= 15 is 0 Å². The van der Waals surface area contributed by atoms with Crippen LogP contribution in [0.3, 0.4) is 0 Å². The van der Waals surface area contributed by atoms with Crippen molar-refractivity contribution in [3.63, 3.8) is 0 Å². The number of benzene rings is 2. The SMILES string of the molecule is [NH3+][C@H](CC(=O)[O-])c1ccc(OCCc2ccccc2)cc1. The fraction of sp³-hybridized carbons (Fsp3) is 0.235. The van der Waals surface area contributed by atoms with Crippen LogP contribution < -0.4 is 15.6 Å². The van der Waals surface area contributed by atoms with Crippen LogP contribution in [0.4, 0.5) is 0 Å². The second-order valence-corrected chi connectivity index (χ2v) is 4.93. The van der Waals surface area contributed by atoms with Crippen LogP contribution >= 0.6 is 0 Å². The van der Waals surface area contributed by atoms with Crippen molar-refractivity contribution < 1.29 is 20.4 Å². The molecule has 0 aliphatic heterocycles. The molecule has 0 radical (unpaired) electrons. The van der Waals surface area contributed by atoms with E-state index in [1.54, 1.807) is 0 Å². The minimum absolute atomic E-state index is 0.0752. The molecule has 110 valence electrons. The highest BCUT2D eigenvalue weighted by atomic mass is 16.5. The number of carbonyl (C=O) groups excluding carboxylic acids is 1. The monoisotopic (exact) mass is 285 g/mol. The molecule has 4 nitrogen and oxygen atoms in total. The molecule has 0 aromatic heterocycles. The summed E-state index contributed by atoms with van der Waals surface area (Å²) in [6.45, 7) is 0.607.